The number of halogens is 1. The van der Waals surface area contributed by atoms with Crippen LogP contribution in [0.4, 0.5) is 5.69 Å². The molecule has 0 spiro atoms. The molecule has 0 heterocycles. The van der Waals surface area contributed by atoms with Gasteiger partial charge in [-0.25, -0.2) is 0 Å². The van der Waals surface area contributed by atoms with Crippen LogP contribution in [0.25, 0.3) is 0 Å². The van der Waals surface area contributed by atoms with Crippen molar-refractivity contribution < 1.29 is 4.79 Å². The molecule has 0 atom stereocenters. The van der Waals surface area contributed by atoms with Crippen molar-refractivity contribution in [3.05, 3.63) is 28.7 Å². The van der Waals surface area contributed by atoms with Crippen LogP contribution in [0.2, 0.25) is 0 Å². The van der Waals surface area contributed by atoms with Crippen molar-refractivity contribution in [3.8, 4) is 0 Å². The van der Waals surface area contributed by atoms with Crippen molar-refractivity contribution in [2.45, 2.75) is 25.7 Å². The first-order chi connectivity index (χ1) is 9.18. The summed E-state index contributed by atoms with van der Waals surface area (Å²) in [5.74, 6) is 0.975. The van der Waals surface area contributed by atoms with E-state index in [0.717, 1.165) is 22.6 Å². The molecular formula is C15H19BrN2O. The lowest BCUT2D eigenvalue weighted by molar-refractivity contribution is -0.115. The predicted octanol–water partition coefficient (Wildman–Crippen LogP) is 3.17. The lowest BCUT2D eigenvalue weighted by atomic mass is 10.0. The smallest absolute Gasteiger partial charge is 0.238 e. The number of carbonyl (C=O) groups is 1. The van der Waals surface area contributed by atoms with Crippen LogP contribution in [-0.4, -0.2) is 19.0 Å². The van der Waals surface area contributed by atoms with Gasteiger partial charge in [-0.2, -0.15) is 0 Å². The molecule has 3 rings (SSSR count). The average Bonchev–Trinajstić information content (AvgIpc) is 3.25. The second-order valence-corrected chi connectivity index (χ2v) is 6.71. The van der Waals surface area contributed by atoms with Crippen LogP contribution < -0.4 is 10.6 Å². The first-order valence-corrected chi connectivity index (χ1v) is 7.73. The van der Waals surface area contributed by atoms with Crippen LogP contribution in [0.3, 0.4) is 0 Å². The predicted molar refractivity (Wildman–Crippen MR) is 80.0 cm³/mol. The number of benzene rings is 1. The fraction of sp³-hybridized carbons (Fsp3) is 0.533. The number of hydrogen-bond donors (Lipinski definition) is 2. The molecule has 2 saturated carbocycles. The summed E-state index contributed by atoms with van der Waals surface area (Å²) in [7, 11) is 0. The van der Waals surface area contributed by atoms with Crippen molar-refractivity contribution >= 4 is 27.5 Å². The summed E-state index contributed by atoms with van der Waals surface area (Å²) in [6.45, 7) is 1.41. The maximum Gasteiger partial charge on any atom is 0.238 e. The van der Waals surface area contributed by atoms with Crippen molar-refractivity contribution in [1.82, 2.24) is 5.32 Å². The second kappa shape index (κ2) is 5.25. The molecule has 0 radical (unpaired) electrons. The first kappa shape index (κ1) is 13.1. The maximum atomic E-state index is 11.8. The van der Waals surface area contributed by atoms with E-state index < -0.39 is 0 Å². The minimum atomic E-state index is 0.0360. The molecule has 0 saturated heterocycles. The normalized spacial score (nSPS) is 20.1. The van der Waals surface area contributed by atoms with E-state index in [4.69, 9.17) is 0 Å². The van der Waals surface area contributed by atoms with Crippen LogP contribution in [0.5, 0.6) is 0 Å². The van der Waals surface area contributed by atoms with Gasteiger partial charge in [-0.1, -0.05) is 15.9 Å². The monoisotopic (exact) mass is 322 g/mol. The zero-order valence-corrected chi connectivity index (χ0v) is 12.5. The molecule has 0 bridgehead atoms. The molecular weight excluding hydrogens is 304 g/mol. The maximum absolute atomic E-state index is 11.8. The standard InChI is InChI=1S/C15H19BrN2O/c16-12-3-5-13(6-4-12)18-14(19)9-17-10-15(7-8-15)11-1-2-11/h3-6,11,17H,1-2,7-10H2,(H,18,19). The number of hydrogen-bond acceptors (Lipinski definition) is 2. The number of amides is 1. The number of carbonyl (C=O) groups excluding carboxylic acids is 1. The number of rotatable bonds is 6. The second-order valence-electron chi connectivity index (χ2n) is 5.80. The van der Waals surface area contributed by atoms with Crippen molar-refractivity contribution in [2.75, 3.05) is 18.4 Å². The average molecular weight is 323 g/mol. The summed E-state index contributed by atoms with van der Waals surface area (Å²) in [4.78, 5) is 11.8. The molecule has 19 heavy (non-hydrogen) atoms. The van der Waals surface area contributed by atoms with E-state index >= 15 is 0 Å². The van der Waals surface area contributed by atoms with E-state index in [-0.39, 0.29) is 5.91 Å². The Bertz CT molecular complexity index is 464. The van der Waals surface area contributed by atoms with Gasteiger partial charge in [0, 0.05) is 16.7 Å². The Morgan fingerprint density at radius 2 is 1.95 bits per heavy atom. The van der Waals surface area contributed by atoms with Gasteiger partial charge in [-0.15, -0.1) is 0 Å². The topological polar surface area (TPSA) is 41.1 Å². The molecule has 0 aromatic heterocycles. The van der Waals surface area contributed by atoms with E-state index in [9.17, 15) is 4.79 Å². The van der Waals surface area contributed by atoms with E-state index in [0.29, 0.717) is 12.0 Å². The molecule has 2 aliphatic rings. The Hall–Kier alpha value is -0.870. The Kier molecular flexibility index (Phi) is 3.63. The lowest BCUT2D eigenvalue weighted by Gasteiger charge is -2.14. The van der Waals surface area contributed by atoms with Crippen molar-refractivity contribution in [3.63, 3.8) is 0 Å². The van der Waals surface area contributed by atoms with Gasteiger partial charge in [-0.05, 0) is 61.3 Å². The highest BCUT2D eigenvalue weighted by atomic mass is 79.9. The third-order valence-corrected chi connectivity index (χ3v) is 4.75. The van der Waals surface area contributed by atoms with Crippen LogP contribution >= 0.6 is 15.9 Å². The van der Waals surface area contributed by atoms with E-state index in [1.165, 1.54) is 25.7 Å². The quantitative estimate of drug-likeness (QED) is 0.844. The van der Waals surface area contributed by atoms with Gasteiger partial charge in [0.2, 0.25) is 5.91 Å². The largest absolute Gasteiger partial charge is 0.325 e. The van der Waals surface area contributed by atoms with Crippen LogP contribution in [0, 0.1) is 11.3 Å². The molecule has 1 amide bonds. The Balaban J connectivity index is 1.40. The van der Waals surface area contributed by atoms with Gasteiger partial charge in [0.25, 0.3) is 0 Å². The zero-order valence-electron chi connectivity index (χ0n) is 10.9. The molecule has 3 nitrogen and oxygen atoms in total. The SMILES string of the molecule is O=C(CNCC1(C2CC2)CC1)Nc1ccc(Br)cc1. The molecule has 102 valence electrons. The molecule has 2 aliphatic carbocycles. The highest BCUT2D eigenvalue weighted by Gasteiger charge is 2.53. The highest BCUT2D eigenvalue weighted by molar-refractivity contribution is 9.10. The molecule has 0 unspecified atom stereocenters. The summed E-state index contributed by atoms with van der Waals surface area (Å²) < 4.78 is 1.02. The minimum absolute atomic E-state index is 0.0360. The fourth-order valence-electron chi connectivity index (χ4n) is 2.75. The number of anilines is 1. The Morgan fingerprint density at radius 3 is 2.53 bits per heavy atom. The van der Waals surface area contributed by atoms with Gasteiger partial charge >= 0.3 is 0 Å². The first-order valence-electron chi connectivity index (χ1n) is 6.94. The summed E-state index contributed by atoms with van der Waals surface area (Å²) in [6, 6.07) is 7.65. The lowest BCUT2D eigenvalue weighted by Crippen LogP contribution is -2.33. The van der Waals surface area contributed by atoms with Gasteiger partial charge in [0.1, 0.15) is 0 Å². The zero-order chi connectivity index (χ0) is 13.3. The van der Waals surface area contributed by atoms with E-state index in [2.05, 4.69) is 26.6 Å². The van der Waals surface area contributed by atoms with Gasteiger partial charge in [0.15, 0.2) is 0 Å². The van der Waals surface area contributed by atoms with Gasteiger partial charge in [0.05, 0.1) is 6.54 Å². The Morgan fingerprint density at radius 1 is 1.26 bits per heavy atom. The van der Waals surface area contributed by atoms with Crippen molar-refractivity contribution in [1.29, 1.82) is 0 Å². The Labute approximate surface area is 122 Å². The molecule has 1 aromatic carbocycles. The van der Waals surface area contributed by atoms with E-state index in [1.807, 2.05) is 24.3 Å². The van der Waals surface area contributed by atoms with Crippen molar-refractivity contribution in [2.24, 2.45) is 11.3 Å². The molecule has 0 aliphatic heterocycles. The fourth-order valence-corrected chi connectivity index (χ4v) is 3.01. The molecule has 1 aromatic rings. The summed E-state index contributed by atoms with van der Waals surface area (Å²) in [5, 5.41) is 6.22. The summed E-state index contributed by atoms with van der Waals surface area (Å²) in [6.07, 6.45) is 5.48. The van der Waals surface area contributed by atoms with Gasteiger partial charge < -0.3 is 10.6 Å². The highest BCUT2D eigenvalue weighted by Crippen LogP contribution is 2.60. The van der Waals surface area contributed by atoms with Crippen LogP contribution in [0.15, 0.2) is 28.7 Å². The summed E-state index contributed by atoms with van der Waals surface area (Å²) >= 11 is 3.38. The van der Waals surface area contributed by atoms with E-state index in [1.54, 1.807) is 0 Å². The third kappa shape index (κ3) is 3.37. The summed E-state index contributed by atoms with van der Waals surface area (Å²) in [5.41, 5.74) is 1.40. The van der Waals surface area contributed by atoms with Gasteiger partial charge in [-0.3, -0.25) is 4.79 Å². The number of nitrogens with one attached hydrogen (secondary N) is 2. The third-order valence-electron chi connectivity index (χ3n) is 4.23. The minimum Gasteiger partial charge on any atom is -0.325 e. The van der Waals surface area contributed by atoms with Crippen LogP contribution in [0.1, 0.15) is 25.7 Å². The molecule has 2 fully saturated rings. The molecule has 2 N–H and O–H groups in total. The van der Waals surface area contributed by atoms with Crippen LogP contribution in [-0.2, 0) is 4.79 Å². The molecule has 4 heteroatoms.